The highest BCUT2D eigenvalue weighted by molar-refractivity contribution is 5.95. The van der Waals surface area contributed by atoms with Crippen molar-refractivity contribution in [3.8, 4) is 5.75 Å². The fourth-order valence-corrected chi connectivity index (χ4v) is 4.36. The van der Waals surface area contributed by atoms with Crippen molar-refractivity contribution in [3.05, 3.63) is 83.1 Å². The molecule has 0 bridgehead atoms. The maximum atomic E-state index is 13.0. The summed E-state index contributed by atoms with van der Waals surface area (Å²) in [7, 11) is 0. The highest BCUT2D eigenvalue weighted by Gasteiger charge is 2.34. The van der Waals surface area contributed by atoms with Crippen molar-refractivity contribution in [1.29, 1.82) is 0 Å². The lowest BCUT2D eigenvalue weighted by Gasteiger charge is -2.33. The van der Waals surface area contributed by atoms with Gasteiger partial charge in [0.15, 0.2) is 0 Å². The smallest absolute Gasteiger partial charge is 0.338 e. The molecule has 0 radical (unpaired) electrons. The zero-order valence-corrected chi connectivity index (χ0v) is 19.7. The molecule has 2 aliphatic heterocycles. The first-order chi connectivity index (χ1) is 16.6. The lowest BCUT2D eigenvalue weighted by atomic mass is 9.94. The summed E-state index contributed by atoms with van der Waals surface area (Å²) in [4.78, 5) is 27.8. The Bertz CT molecular complexity index is 1080. The van der Waals surface area contributed by atoms with Gasteiger partial charge in [-0.25, -0.2) is 9.59 Å². The summed E-state index contributed by atoms with van der Waals surface area (Å²) >= 11 is 0. The molecular formula is C27H31N3O4. The van der Waals surface area contributed by atoms with Crippen LogP contribution in [0.25, 0.3) is 5.57 Å². The van der Waals surface area contributed by atoms with Crippen molar-refractivity contribution < 1.29 is 19.1 Å². The molecule has 2 heterocycles. The van der Waals surface area contributed by atoms with Gasteiger partial charge in [0.2, 0.25) is 0 Å². The molecule has 0 unspecified atom stereocenters. The number of carbonyl (C=O) groups excluding carboxylic acids is 2. The first-order valence-corrected chi connectivity index (χ1v) is 11.8. The van der Waals surface area contributed by atoms with Crippen LogP contribution in [0.3, 0.4) is 0 Å². The molecule has 0 saturated carbocycles. The lowest BCUT2D eigenvalue weighted by Crippen LogP contribution is -2.48. The van der Waals surface area contributed by atoms with Gasteiger partial charge in [0.25, 0.3) is 0 Å². The van der Waals surface area contributed by atoms with E-state index in [2.05, 4.69) is 33.7 Å². The van der Waals surface area contributed by atoms with E-state index in [0.29, 0.717) is 24.4 Å². The van der Waals surface area contributed by atoms with Crippen LogP contribution in [-0.2, 0) is 9.53 Å². The molecule has 0 fully saturated rings. The van der Waals surface area contributed by atoms with Gasteiger partial charge < -0.3 is 20.1 Å². The van der Waals surface area contributed by atoms with Crippen LogP contribution in [-0.4, -0.2) is 49.7 Å². The molecule has 2 aliphatic rings. The maximum absolute atomic E-state index is 13.0. The van der Waals surface area contributed by atoms with Crippen molar-refractivity contribution in [2.75, 3.05) is 32.8 Å². The number of nitrogens with zero attached hydrogens (tertiary/aromatic N) is 1. The van der Waals surface area contributed by atoms with Gasteiger partial charge in [-0.1, -0.05) is 48.5 Å². The second-order valence-corrected chi connectivity index (χ2v) is 8.23. The van der Waals surface area contributed by atoms with Crippen LogP contribution in [0.5, 0.6) is 5.75 Å². The summed E-state index contributed by atoms with van der Waals surface area (Å²) in [6, 6.07) is 16.8. The number of hydrogen-bond donors (Lipinski definition) is 2. The number of rotatable bonds is 8. The monoisotopic (exact) mass is 461 g/mol. The normalized spacial score (nSPS) is 18.6. The Morgan fingerprint density at radius 2 is 1.82 bits per heavy atom. The molecule has 2 aromatic carbocycles. The van der Waals surface area contributed by atoms with Crippen LogP contribution in [0.2, 0.25) is 0 Å². The van der Waals surface area contributed by atoms with E-state index >= 15 is 0 Å². The summed E-state index contributed by atoms with van der Waals surface area (Å²) < 4.78 is 10.9. The fourth-order valence-electron chi connectivity index (χ4n) is 4.36. The Hall–Kier alpha value is -3.58. The van der Waals surface area contributed by atoms with E-state index in [0.717, 1.165) is 30.8 Å². The second kappa shape index (κ2) is 11.0. The van der Waals surface area contributed by atoms with Gasteiger partial charge in [-0.05, 0) is 49.1 Å². The number of amides is 2. The first-order valence-electron chi connectivity index (χ1n) is 11.8. The van der Waals surface area contributed by atoms with Gasteiger partial charge in [0.05, 0.1) is 24.8 Å². The molecule has 178 valence electrons. The standard InChI is InChI=1S/C27H31N3O4/c1-3-33-22-12-10-21(11-13-22)25-24(26(31)34-4-2)23(28-27(32)29-25)18-30-16-14-20(15-17-30)19-8-6-5-7-9-19/h5-14,25H,3-4,15-18H2,1-2H3,(H2,28,29,32)/t25-/m1/s1. The van der Waals surface area contributed by atoms with E-state index in [9.17, 15) is 9.59 Å². The average molecular weight is 462 g/mol. The van der Waals surface area contributed by atoms with Crippen molar-refractivity contribution in [2.45, 2.75) is 26.3 Å². The van der Waals surface area contributed by atoms with E-state index in [1.165, 1.54) is 11.1 Å². The molecule has 0 aliphatic carbocycles. The predicted octanol–water partition coefficient (Wildman–Crippen LogP) is 4.05. The van der Waals surface area contributed by atoms with Crippen LogP contribution < -0.4 is 15.4 Å². The van der Waals surface area contributed by atoms with Crippen LogP contribution >= 0.6 is 0 Å². The molecular weight excluding hydrogens is 430 g/mol. The third kappa shape index (κ3) is 5.48. The van der Waals surface area contributed by atoms with Crippen LogP contribution in [0.1, 0.15) is 37.4 Å². The zero-order chi connectivity index (χ0) is 23.9. The highest BCUT2D eigenvalue weighted by Crippen LogP contribution is 2.30. The van der Waals surface area contributed by atoms with Gasteiger partial charge in [0.1, 0.15) is 5.75 Å². The van der Waals surface area contributed by atoms with Gasteiger partial charge >= 0.3 is 12.0 Å². The third-order valence-electron chi connectivity index (χ3n) is 5.99. The SMILES string of the molecule is CCOC(=O)C1=C(CN2CC=C(c3ccccc3)CC2)NC(=O)N[C@@H]1c1ccc(OCC)cc1. The largest absolute Gasteiger partial charge is 0.494 e. The summed E-state index contributed by atoms with van der Waals surface area (Å²) in [6.45, 7) is 6.54. The van der Waals surface area contributed by atoms with Crippen LogP contribution in [0.15, 0.2) is 71.9 Å². The Morgan fingerprint density at radius 3 is 2.47 bits per heavy atom. The molecule has 2 aromatic rings. The molecule has 1 atom stereocenters. The molecule has 2 amide bonds. The van der Waals surface area contributed by atoms with E-state index in [-0.39, 0.29) is 12.6 Å². The predicted molar refractivity (Wildman–Crippen MR) is 131 cm³/mol. The third-order valence-corrected chi connectivity index (χ3v) is 5.99. The summed E-state index contributed by atoms with van der Waals surface area (Å²) in [6.07, 6.45) is 3.12. The van der Waals surface area contributed by atoms with Crippen molar-refractivity contribution in [1.82, 2.24) is 15.5 Å². The Morgan fingerprint density at radius 1 is 1.06 bits per heavy atom. The van der Waals surface area contributed by atoms with Crippen molar-refractivity contribution >= 4 is 17.6 Å². The topological polar surface area (TPSA) is 79.9 Å². The van der Waals surface area contributed by atoms with Gasteiger partial charge in [-0.2, -0.15) is 0 Å². The number of nitrogens with one attached hydrogen (secondary N) is 2. The van der Waals surface area contributed by atoms with Crippen molar-refractivity contribution in [2.24, 2.45) is 0 Å². The van der Waals surface area contributed by atoms with Crippen LogP contribution in [0.4, 0.5) is 4.79 Å². The molecule has 7 heteroatoms. The highest BCUT2D eigenvalue weighted by atomic mass is 16.5. The molecule has 34 heavy (non-hydrogen) atoms. The first kappa shape index (κ1) is 23.6. The lowest BCUT2D eigenvalue weighted by molar-refractivity contribution is -0.139. The van der Waals surface area contributed by atoms with E-state index < -0.39 is 12.0 Å². The zero-order valence-electron chi connectivity index (χ0n) is 19.7. The van der Waals surface area contributed by atoms with E-state index in [4.69, 9.17) is 9.47 Å². The summed E-state index contributed by atoms with van der Waals surface area (Å²) in [5.74, 6) is 0.309. The van der Waals surface area contributed by atoms with Crippen molar-refractivity contribution in [3.63, 3.8) is 0 Å². The maximum Gasteiger partial charge on any atom is 0.338 e. The van der Waals surface area contributed by atoms with E-state index in [1.54, 1.807) is 6.92 Å². The molecule has 7 nitrogen and oxygen atoms in total. The number of esters is 1. The molecule has 4 rings (SSSR count). The van der Waals surface area contributed by atoms with Gasteiger partial charge in [0, 0.05) is 25.3 Å². The minimum atomic E-state index is -0.598. The van der Waals surface area contributed by atoms with Gasteiger partial charge in [-0.3, -0.25) is 4.90 Å². The fraction of sp³-hybridized carbons (Fsp3) is 0.333. The Labute approximate surface area is 200 Å². The minimum absolute atomic E-state index is 0.256. The average Bonchev–Trinajstić information content (AvgIpc) is 2.85. The Balaban J connectivity index is 1.59. The summed E-state index contributed by atoms with van der Waals surface area (Å²) in [5, 5.41) is 5.76. The number of benzene rings is 2. The van der Waals surface area contributed by atoms with E-state index in [1.807, 2.05) is 49.4 Å². The van der Waals surface area contributed by atoms with Gasteiger partial charge in [-0.15, -0.1) is 0 Å². The molecule has 0 saturated heterocycles. The quantitative estimate of drug-likeness (QED) is 0.580. The number of urea groups is 1. The molecule has 0 aromatic heterocycles. The second-order valence-electron chi connectivity index (χ2n) is 8.23. The Kier molecular flexibility index (Phi) is 7.65. The number of ether oxygens (including phenoxy) is 2. The number of hydrogen-bond acceptors (Lipinski definition) is 5. The molecule has 0 spiro atoms. The minimum Gasteiger partial charge on any atom is -0.494 e. The van der Waals surface area contributed by atoms with Crippen LogP contribution in [0, 0.1) is 0 Å². The molecule has 2 N–H and O–H groups in total. The number of carbonyl (C=O) groups is 2. The summed E-state index contributed by atoms with van der Waals surface area (Å²) in [5.41, 5.74) is 4.36.